The molecular weight excluding hydrogens is 535 g/mol. The van der Waals surface area contributed by atoms with Gasteiger partial charge in [-0.05, 0) is 78.3 Å². The summed E-state index contributed by atoms with van der Waals surface area (Å²) in [5.74, 6) is 1.55. The molecule has 4 aromatic rings. The highest BCUT2D eigenvalue weighted by Crippen LogP contribution is 2.57. The van der Waals surface area contributed by atoms with Crippen LogP contribution in [0.3, 0.4) is 0 Å². The summed E-state index contributed by atoms with van der Waals surface area (Å²) in [5, 5.41) is 5.87. The van der Waals surface area contributed by atoms with Crippen molar-refractivity contribution in [2.24, 2.45) is 5.92 Å². The molecule has 200 valence electrons. The average Bonchev–Trinajstić information content (AvgIpc) is 3.58. The van der Waals surface area contributed by atoms with Crippen molar-refractivity contribution < 1.29 is 14.3 Å². The van der Waals surface area contributed by atoms with Gasteiger partial charge < -0.3 is 15.2 Å². The van der Waals surface area contributed by atoms with Gasteiger partial charge in [0.2, 0.25) is 0 Å². The molecule has 0 spiro atoms. The van der Waals surface area contributed by atoms with Gasteiger partial charge in [-0.2, -0.15) is 5.10 Å². The quantitative estimate of drug-likeness (QED) is 0.195. The lowest BCUT2D eigenvalue weighted by atomic mass is 9.93. The highest BCUT2D eigenvalue weighted by atomic mass is 35.5. The third-order valence-electron chi connectivity index (χ3n) is 7.44. The zero-order valence-corrected chi connectivity index (χ0v) is 23.0. The highest BCUT2D eigenvalue weighted by molar-refractivity contribution is 6.31. The fourth-order valence-electron chi connectivity index (χ4n) is 5.32. The van der Waals surface area contributed by atoms with Crippen LogP contribution < -0.4 is 15.4 Å². The van der Waals surface area contributed by atoms with Crippen molar-refractivity contribution in [3.63, 3.8) is 0 Å². The zero-order valence-electron chi connectivity index (χ0n) is 21.4. The summed E-state index contributed by atoms with van der Waals surface area (Å²) < 4.78 is 13.3. The Labute approximate surface area is 237 Å². The van der Waals surface area contributed by atoms with Gasteiger partial charge in [0.15, 0.2) is 0 Å². The van der Waals surface area contributed by atoms with Crippen LogP contribution in [0.15, 0.2) is 67.0 Å². The second kappa shape index (κ2) is 10.5. The first-order chi connectivity index (χ1) is 18.9. The Bertz CT molecular complexity index is 1550. The van der Waals surface area contributed by atoms with Gasteiger partial charge in [0.05, 0.1) is 18.4 Å². The molecule has 1 fully saturated rings. The number of halogens is 2. The Balaban J connectivity index is 1.17. The summed E-state index contributed by atoms with van der Waals surface area (Å²) in [6.45, 7) is 3.45. The number of anilines is 2. The molecule has 1 amide bonds. The van der Waals surface area contributed by atoms with Crippen molar-refractivity contribution in [3.8, 4) is 16.9 Å². The van der Waals surface area contributed by atoms with Gasteiger partial charge >= 0.3 is 6.09 Å². The minimum Gasteiger partial charge on any atom is -0.490 e. The van der Waals surface area contributed by atoms with E-state index in [1.807, 2.05) is 60.4 Å². The molecular formula is C30H28Cl2N4O3. The van der Waals surface area contributed by atoms with E-state index in [-0.39, 0.29) is 19.3 Å². The van der Waals surface area contributed by atoms with E-state index >= 15 is 0 Å². The first-order valence-corrected chi connectivity index (χ1v) is 13.7. The van der Waals surface area contributed by atoms with Crippen LogP contribution in [-0.2, 0) is 11.3 Å². The van der Waals surface area contributed by atoms with Crippen LogP contribution in [-0.4, -0.2) is 35.6 Å². The molecule has 0 saturated heterocycles. The van der Waals surface area contributed by atoms with Gasteiger partial charge in [-0.15, -0.1) is 0 Å². The third kappa shape index (κ3) is 5.16. The second-order valence-corrected chi connectivity index (χ2v) is 10.9. The molecule has 1 aromatic heterocycles. The maximum absolute atomic E-state index is 13.2. The molecule has 0 bridgehead atoms. The van der Waals surface area contributed by atoms with Crippen LogP contribution in [0.25, 0.3) is 11.1 Å². The van der Waals surface area contributed by atoms with Gasteiger partial charge in [-0.1, -0.05) is 41.4 Å². The molecule has 0 radical (unpaired) electrons. The molecule has 6 rings (SSSR count). The number of hydrogen-bond donors (Lipinski definition) is 1. The largest absolute Gasteiger partial charge is 0.490 e. The number of nitrogen functional groups attached to an aromatic ring is 1. The number of rotatable bonds is 7. The van der Waals surface area contributed by atoms with Crippen LogP contribution in [0.2, 0.25) is 10.0 Å². The van der Waals surface area contributed by atoms with E-state index < -0.39 is 0 Å². The first-order valence-electron chi connectivity index (χ1n) is 12.9. The fourth-order valence-corrected chi connectivity index (χ4v) is 5.66. The normalized spacial score (nSPS) is 17.4. The van der Waals surface area contributed by atoms with Gasteiger partial charge in [-0.25, -0.2) is 4.79 Å². The maximum atomic E-state index is 13.2. The number of carbonyl (C=O) groups excluding carboxylic acids is 1. The lowest BCUT2D eigenvalue weighted by Gasteiger charge is -2.29. The van der Waals surface area contributed by atoms with Crippen molar-refractivity contribution in [2.75, 3.05) is 30.4 Å². The number of hydrogen-bond acceptors (Lipinski definition) is 5. The molecule has 9 heteroatoms. The Kier molecular flexibility index (Phi) is 6.87. The molecule has 2 N–H and O–H groups in total. The lowest BCUT2D eigenvalue weighted by Crippen LogP contribution is -2.37. The lowest BCUT2D eigenvalue weighted by molar-refractivity contribution is 0.130. The maximum Gasteiger partial charge on any atom is 0.414 e. The van der Waals surface area contributed by atoms with E-state index in [4.69, 9.17) is 38.4 Å². The third-order valence-corrected chi connectivity index (χ3v) is 8.21. The summed E-state index contributed by atoms with van der Waals surface area (Å²) in [6, 6.07) is 17.0. The van der Waals surface area contributed by atoms with Crippen LogP contribution in [0.5, 0.6) is 5.75 Å². The predicted molar refractivity (Wildman–Crippen MR) is 154 cm³/mol. The van der Waals surface area contributed by atoms with Gasteiger partial charge in [0.25, 0.3) is 0 Å². The van der Waals surface area contributed by atoms with Crippen LogP contribution in [0.4, 0.5) is 16.2 Å². The van der Waals surface area contributed by atoms with E-state index in [9.17, 15) is 4.79 Å². The van der Waals surface area contributed by atoms with Crippen molar-refractivity contribution in [2.45, 2.75) is 25.8 Å². The number of nitrogens with two attached hydrogens (primary N) is 1. The molecule has 7 nitrogen and oxygen atoms in total. The van der Waals surface area contributed by atoms with Crippen LogP contribution in [0.1, 0.15) is 29.0 Å². The number of amides is 1. The van der Waals surface area contributed by atoms with E-state index in [2.05, 4.69) is 11.2 Å². The van der Waals surface area contributed by atoms with Crippen molar-refractivity contribution in [1.29, 1.82) is 0 Å². The van der Waals surface area contributed by atoms with E-state index in [1.54, 1.807) is 17.0 Å². The van der Waals surface area contributed by atoms with Gasteiger partial charge in [0.1, 0.15) is 19.0 Å². The molecule has 1 saturated carbocycles. The molecule has 1 aliphatic heterocycles. The number of aromatic nitrogens is 2. The first kappa shape index (κ1) is 25.6. The summed E-state index contributed by atoms with van der Waals surface area (Å²) in [4.78, 5) is 14.9. The van der Waals surface area contributed by atoms with E-state index in [0.717, 1.165) is 34.4 Å². The summed E-state index contributed by atoms with van der Waals surface area (Å²) in [6.07, 6.45) is 4.56. The standard InChI is InChI=1S/C30H28Cl2N4O3/c1-18-25(31)5-3-7-28(18)38-10-11-39-30(37)36-17-19-13-24(19)29-23(4-2-6-27(29)36)21-14-34-35(16-21)15-20-12-22(33)8-9-26(20)32/h2-9,12,14,16,19,24H,10-11,13,15,17,33H2,1H3. The average molecular weight is 563 g/mol. The number of ether oxygens (including phenoxy) is 2. The smallest absolute Gasteiger partial charge is 0.414 e. The van der Waals surface area contributed by atoms with E-state index in [1.165, 1.54) is 5.56 Å². The minimum atomic E-state index is -0.364. The Hall–Kier alpha value is -3.68. The number of nitrogens with zero attached hydrogens (tertiary/aromatic N) is 3. The Morgan fingerprint density at radius 3 is 2.82 bits per heavy atom. The molecule has 3 aromatic carbocycles. The summed E-state index contributed by atoms with van der Waals surface area (Å²) in [5.41, 5.74) is 12.5. The number of fused-ring (bicyclic) bond motifs is 3. The Morgan fingerprint density at radius 1 is 1.10 bits per heavy atom. The minimum absolute atomic E-state index is 0.143. The monoisotopic (exact) mass is 562 g/mol. The number of carbonyl (C=O) groups is 1. The van der Waals surface area contributed by atoms with Gasteiger partial charge in [-0.3, -0.25) is 9.58 Å². The molecule has 39 heavy (non-hydrogen) atoms. The molecule has 1 aliphatic carbocycles. The summed E-state index contributed by atoms with van der Waals surface area (Å²) >= 11 is 12.5. The fraction of sp³-hybridized carbons (Fsp3) is 0.267. The molecule has 2 atom stereocenters. The van der Waals surface area contributed by atoms with E-state index in [0.29, 0.717) is 46.4 Å². The van der Waals surface area contributed by atoms with Crippen molar-refractivity contribution in [3.05, 3.63) is 93.7 Å². The zero-order chi connectivity index (χ0) is 27.1. The van der Waals surface area contributed by atoms with Crippen molar-refractivity contribution in [1.82, 2.24) is 9.78 Å². The van der Waals surface area contributed by atoms with Crippen LogP contribution >= 0.6 is 23.2 Å². The Morgan fingerprint density at radius 2 is 1.95 bits per heavy atom. The van der Waals surface area contributed by atoms with Crippen LogP contribution in [0, 0.1) is 12.8 Å². The SMILES string of the molecule is Cc1c(Cl)cccc1OCCOC(=O)N1CC2CC2c2c(-c3cnn(Cc4cc(N)ccc4Cl)c3)cccc21. The number of benzene rings is 3. The predicted octanol–water partition coefficient (Wildman–Crippen LogP) is 6.93. The highest BCUT2D eigenvalue weighted by Gasteiger charge is 2.48. The summed E-state index contributed by atoms with van der Waals surface area (Å²) in [7, 11) is 0. The topological polar surface area (TPSA) is 82.6 Å². The molecule has 2 heterocycles. The van der Waals surface area contributed by atoms with Crippen molar-refractivity contribution >= 4 is 40.7 Å². The van der Waals surface area contributed by atoms with Gasteiger partial charge in [0, 0.05) is 39.6 Å². The second-order valence-electron chi connectivity index (χ2n) is 10.1. The molecule has 2 aliphatic rings. The molecule has 2 unspecified atom stereocenters.